The summed E-state index contributed by atoms with van der Waals surface area (Å²) in [5.74, 6) is 1.66. The number of ether oxygens (including phenoxy) is 1. The molecular formula is C37H22N2O. The van der Waals surface area contributed by atoms with Gasteiger partial charge in [-0.05, 0) is 81.2 Å². The van der Waals surface area contributed by atoms with Crippen LogP contribution in [0.1, 0.15) is 5.56 Å². The molecule has 0 aromatic heterocycles. The Morgan fingerprint density at radius 2 is 1.07 bits per heavy atom. The quantitative estimate of drug-likeness (QED) is 0.217. The first kappa shape index (κ1) is 22.4. The second-order valence-electron chi connectivity index (χ2n) is 10.1. The Balaban J connectivity index is 1.57. The monoisotopic (exact) mass is 510 g/mol. The van der Waals surface area contributed by atoms with Gasteiger partial charge in [-0.1, -0.05) is 84.9 Å². The number of benzene rings is 7. The molecule has 1 aliphatic rings. The van der Waals surface area contributed by atoms with Crippen LogP contribution in [-0.2, 0) is 0 Å². The summed E-state index contributed by atoms with van der Waals surface area (Å²) < 4.78 is 6.37. The number of hydrogen-bond acceptors (Lipinski definition) is 3. The molecule has 0 spiro atoms. The second kappa shape index (κ2) is 8.73. The van der Waals surface area contributed by atoms with E-state index < -0.39 is 0 Å². The molecule has 186 valence electrons. The fraction of sp³-hybridized carbons (Fsp3) is 0. The van der Waals surface area contributed by atoms with E-state index in [1.807, 2.05) is 36.4 Å². The minimum atomic E-state index is 0.654. The van der Waals surface area contributed by atoms with Crippen molar-refractivity contribution in [3.05, 3.63) is 139 Å². The minimum Gasteiger partial charge on any atom is -0.453 e. The van der Waals surface area contributed by atoms with Crippen molar-refractivity contribution in [2.45, 2.75) is 0 Å². The molecule has 0 atom stereocenters. The zero-order valence-corrected chi connectivity index (χ0v) is 21.5. The number of nitriles is 1. The van der Waals surface area contributed by atoms with Crippen LogP contribution in [0.15, 0.2) is 133 Å². The first-order valence-electron chi connectivity index (χ1n) is 13.3. The molecule has 3 nitrogen and oxygen atoms in total. The lowest BCUT2D eigenvalue weighted by molar-refractivity contribution is 0.477. The average Bonchev–Trinajstić information content (AvgIpc) is 3.02. The van der Waals surface area contributed by atoms with Crippen molar-refractivity contribution < 1.29 is 4.74 Å². The summed E-state index contributed by atoms with van der Waals surface area (Å²) in [6, 6.07) is 48.5. The number of hydrogen-bond donors (Lipinski definition) is 0. The van der Waals surface area contributed by atoms with Gasteiger partial charge < -0.3 is 9.64 Å². The van der Waals surface area contributed by atoms with Crippen molar-refractivity contribution in [2.75, 3.05) is 4.90 Å². The van der Waals surface area contributed by atoms with Gasteiger partial charge in [0.15, 0.2) is 11.5 Å². The van der Waals surface area contributed by atoms with Crippen LogP contribution in [0.3, 0.4) is 0 Å². The van der Waals surface area contributed by atoms with Gasteiger partial charge in [0.1, 0.15) is 0 Å². The summed E-state index contributed by atoms with van der Waals surface area (Å²) in [7, 11) is 0. The van der Waals surface area contributed by atoms with Crippen molar-refractivity contribution in [3.8, 4) is 28.7 Å². The Labute approximate surface area is 231 Å². The SMILES string of the molecule is N#Cc1ccc(-c2c3ccccc3c(N3c4ccccc4Oc4ccccc43)c3cc4ccccc4cc23)cc1. The molecule has 0 radical (unpaired) electrons. The standard InChI is InChI=1S/C37H22N2O/c38-23-24-17-19-25(20-18-24)36-28-11-3-4-12-29(28)37(31-22-27-10-2-1-9-26(27)21-30(31)36)39-32-13-5-7-15-34(32)40-35-16-8-6-14-33(35)39/h1-22H. The van der Waals surface area contributed by atoms with E-state index in [0.29, 0.717) is 5.56 Å². The Morgan fingerprint density at radius 1 is 0.525 bits per heavy atom. The van der Waals surface area contributed by atoms with Crippen LogP contribution in [0.2, 0.25) is 0 Å². The van der Waals surface area contributed by atoms with E-state index in [1.54, 1.807) is 0 Å². The minimum absolute atomic E-state index is 0.654. The smallest absolute Gasteiger partial charge is 0.151 e. The van der Waals surface area contributed by atoms with Gasteiger partial charge in [0.05, 0.1) is 28.7 Å². The number of rotatable bonds is 2. The van der Waals surface area contributed by atoms with Crippen LogP contribution in [0.25, 0.3) is 43.4 Å². The molecule has 0 saturated carbocycles. The van der Waals surface area contributed by atoms with Crippen molar-refractivity contribution >= 4 is 49.4 Å². The predicted molar refractivity (Wildman–Crippen MR) is 164 cm³/mol. The van der Waals surface area contributed by atoms with Crippen molar-refractivity contribution in [1.29, 1.82) is 5.26 Å². The van der Waals surface area contributed by atoms with Crippen LogP contribution in [0.5, 0.6) is 11.5 Å². The predicted octanol–water partition coefficient (Wildman–Crippen LogP) is 10.3. The summed E-state index contributed by atoms with van der Waals surface area (Å²) >= 11 is 0. The molecule has 7 aromatic rings. The first-order chi connectivity index (χ1) is 19.8. The molecular weight excluding hydrogens is 488 g/mol. The summed E-state index contributed by atoms with van der Waals surface area (Å²) in [5, 5.41) is 16.4. The van der Waals surface area contributed by atoms with Crippen LogP contribution in [0, 0.1) is 11.3 Å². The Bertz CT molecular complexity index is 2110. The molecule has 0 amide bonds. The third-order valence-corrected chi connectivity index (χ3v) is 7.82. The zero-order valence-electron chi connectivity index (χ0n) is 21.5. The highest BCUT2D eigenvalue weighted by molar-refractivity contribution is 6.24. The summed E-state index contributed by atoms with van der Waals surface area (Å²) in [6.45, 7) is 0. The maximum absolute atomic E-state index is 9.44. The number of fused-ring (bicyclic) bond motifs is 5. The Kier molecular flexibility index (Phi) is 4.89. The normalized spacial score (nSPS) is 12.1. The summed E-state index contributed by atoms with van der Waals surface area (Å²) in [6.07, 6.45) is 0. The molecule has 0 fully saturated rings. The van der Waals surface area contributed by atoms with Crippen molar-refractivity contribution in [2.24, 2.45) is 0 Å². The molecule has 3 heteroatoms. The lowest BCUT2D eigenvalue weighted by Crippen LogP contribution is -2.16. The van der Waals surface area contributed by atoms with Gasteiger partial charge >= 0.3 is 0 Å². The third-order valence-electron chi connectivity index (χ3n) is 7.82. The van der Waals surface area contributed by atoms with Gasteiger partial charge in [0, 0.05) is 10.8 Å². The molecule has 0 bridgehead atoms. The molecule has 0 unspecified atom stereocenters. The van der Waals surface area contributed by atoms with Gasteiger partial charge in [-0.3, -0.25) is 0 Å². The van der Waals surface area contributed by atoms with E-state index in [2.05, 4.69) is 108 Å². The van der Waals surface area contributed by atoms with Gasteiger partial charge in [-0.2, -0.15) is 5.26 Å². The molecule has 0 aliphatic carbocycles. The van der Waals surface area contributed by atoms with Gasteiger partial charge in [-0.15, -0.1) is 0 Å². The second-order valence-corrected chi connectivity index (χ2v) is 10.1. The van der Waals surface area contributed by atoms with E-state index >= 15 is 0 Å². The van der Waals surface area contributed by atoms with Crippen LogP contribution in [0.4, 0.5) is 17.1 Å². The molecule has 0 saturated heterocycles. The highest BCUT2D eigenvalue weighted by Crippen LogP contribution is 2.55. The molecule has 0 N–H and O–H groups in total. The fourth-order valence-corrected chi connectivity index (χ4v) is 6.05. The largest absolute Gasteiger partial charge is 0.453 e. The van der Waals surface area contributed by atoms with Crippen LogP contribution >= 0.6 is 0 Å². The van der Waals surface area contributed by atoms with Crippen LogP contribution in [-0.4, -0.2) is 0 Å². The molecule has 7 aromatic carbocycles. The fourth-order valence-electron chi connectivity index (χ4n) is 6.05. The average molecular weight is 511 g/mol. The molecule has 40 heavy (non-hydrogen) atoms. The van der Waals surface area contributed by atoms with Crippen LogP contribution < -0.4 is 9.64 Å². The maximum Gasteiger partial charge on any atom is 0.151 e. The third kappa shape index (κ3) is 3.30. The highest BCUT2D eigenvalue weighted by atomic mass is 16.5. The van der Waals surface area contributed by atoms with Gasteiger partial charge in [0.25, 0.3) is 0 Å². The van der Waals surface area contributed by atoms with E-state index in [-0.39, 0.29) is 0 Å². The molecule has 1 aliphatic heterocycles. The Hall–Kier alpha value is -5.59. The highest BCUT2D eigenvalue weighted by Gasteiger charge is 2.29. The lowest BCUT2D eigenvalue weighted by atomic mass is 9.88. The first-order valence-corrected chi connectivity index (χ1v) is 13.3. The van der Waals surface area contributed by atoms with Crippen molar-refractivity contribution in [3.63, 3.8) is 0 Å². The number of anilines is 3. The van der Waals surface area contributed by atoms with E-state index in [0.717, 1.165) is 50.3 Å². The lowest BCUT2D eigenvalue weighted by Gasteiger charge is -2.35. The number of para-hydroxylation sites is 4. The van der Waals surface area contributed by atoms with E-state index in [1.165, 1.54) is 21.7 Å². The van der Waals surface area contributed by atoms with Gasteiger partial charge in [0.2, 0.25) is 0 Å². The van der Waals surface area contributed by atoms with E-state index in [4.69, 9.17) is 4.74 Å². The Morgan fingerprint density at radius 3 is 1.73 bits per heavy atom. The topological polar surface area (TPSA) is 36.3 Å². The number of nitrogens with zero attached hydrogens (tertiary/aromatic N) is 2. The van der Waals surface area contributed by atoms with Gasteiger partial charge in [-0.25, -0.2) is 0 Å². The zero-order chi connectivity index (χ0) is 26.6. The molecule has 1 heterocycles. The molecule has 8 rings (SSSR count). The van der Waals surface area contributed by atoms with E-state index in [9.17, 15) is 5.26 Å². The van der Waals surface area contributed by atoms with Crippen molar-refractivity contribution in [1.82, 2.24) is 0 Å². The maximum atomic E-state index is 9.44. The summed E-state index contributed by atoms with van der Waals surface area (Å²) in [4.78, 5) is 2.36. The summed E-state index contributed by atoms with van der Waals surface area (Å²) in [5.41, 5.74) is 6.04.